The van der Waals surface area contributed by atoms with Crippen molar-refractivity contribution in [3.63, 3.8) is 0 Å². The van der Waals surface area contributed by atoms with Crippen LogP contribution >= 0.6 is 0 Å². The van der Waals surface area contributed by atoms with E-state index in [1.807, 2.05) is 41.0 Å². The molecular formula is C23H25N3O3. The summed E-state index contributed by atoms with van der Waals surface area (Å²) in [5, 5.41) is 0. The summed E-state index contributed by atoms with van der Waals surface area (Å²) in [5.74, 6) is 0.320. The number of aromatic nitrogens is 1. The first-order valence-corrected chi connectivity index (χ1v) is 10.4. The third kappa shape index (κ3) is 3.02. The minimum absolute atomic E-state index is 0.0551. The summed E-state index contributed by atoms with van der Waals surface area (Å²) in [4.78, 5) is 41.7. The molecule has 3 aliphatic heterocycles. The predicted octanol–water partition coefficient (Wildman–Crippen LogP) is 2.16. The van der Waals surface area contributed by atoms with Crippen LogP contribution in [0.15, 0.2) is 47.3 Å². The first-order chi connectivity index (χ1) is 14.0. The molecule has 3 aliphatic rings. The van der Waals surface area contributed by atoms with Gasteiger partial charge in [-0.05, 0) is 42.5 Å². The standard InChI is InChI=1S/C23H25N3O3/c1-2-15-6-8-18(9-7-15)26-22(28)11-20(23(26)29)24-12-16-10-17(14-24)19-4-3-5-21(27)25(19)13-16/h3-9,16-17,20H,2,10-14H2,1H3/t16-,17+,20-/m0/s1. The molecule has 6 nitrogen and oxygen atoms in total. The van der Waals surface area contributed by atoms with E-state index in [1.54, 1.807) is 6.07 Å². The van der Waals surface area contributed by atoms with E-state index in [0.29, 0.717) is 24.7 Å². The minimum atomic E-state index is -0.402. The molecule has 2 amide bonds. The van der Waals surface area contributed by atoms with E-state index < -0.39 is 6.04 Å². The van der Waals surface area contributed by atoms with Crippen molar-refractivity contribution in [2.45, 2.75) is 44.7 Å². The van der Waals surface area contributed by atoms with Crippen molar-refractivity contribution in [1.82, 2.24) is 9.47 Å². The number of hydrogen-bond donors (Lipinski definition) is 0. The van der Waals surface area contributed by atoms with Gasteiger partial charge >= 0.3 is 0 Å². The Morgan fingerprint density at radius 3 is 2.52 bits per heavy atom. The van der Waals surface area contributed by atoms with Crippen LogP contribution in [0.1, 0.15) is 36.9 Å². The van der Waals surface area contributed by atoms with E-state index in [1.165, 1.54) is 10.5 Å². The first kappa shape index (κ1) is 18.3. The fourth-order valence-electron chi connectivity index (χ4n) is 5.24. The maximum absolute atomic E-state index is 13.2. The third-order valence-corrected chi connectivity index (χ3v) is 6.67. The molecule has 2 saturated heterocycles. The van der Waals surface area contributed by atoms with Crippen LogP contribution < -0.4 is 10.5 Å². The van der Waals surface area contributed by atoms with Crippen LogP contribution in [0.25, 0.3) is 0 Å². The van der Waals surface area contributed by atoms with Gasteiger partial charge in [-0.15, -0.1) is 0 Å². The van der Waals surface area contributed by atoms with Gasteiger partial charge in [-0.25, -0.2) is 4.90 Å². The highest BCUT2D eigenvalue weighted by atomic mass is 16.2. The molecule has 29 heavy (non-hydrogen) atoms. The summed E-state index contributed by atoms with van der Waals surface area (Å²) in [6.45, 7) is 4.24. The number of anilines is 1. The molecule has 0 radical (unpaired) electrons. The fourth-order valence-corrected chi connectivity index (χ4v) is 5.24. The van der Waals surface area contributed by atoms with Gasteiger partial charge in [-0.3, -0.25) is 19.3 Å². The lowest BCUT2D eigenvalue weighted by molar-refractivity contribution is -0.123. The summed E-state index contributed by atoms with van der Waals surface area (Å²) in [6.07, 6.45) is 2.19. The number of piperidine rings is 1. The Labute approximate surface area is 169 Å². The molecule has 1 aromatic heterocycles. The van der Waals surface area contributed by atoms with Crippen molar-refractivity contribution in [2.75, 3.05) is 18.0 Å². The van der Waals surface area contributed by atoms with Crippen molar-refractivity contribution in [3.05, 3.63) is 64.1 Å². The lowest BCUT2D eigenvalue weighted by Crippen LogP contribution is -2.52. The molecule has 2 fully saturated rings. The monoisotopic (exact) mass is 391 g/mol. The molecule has 0 saturated carbocycles. The molecule has 2 aromatic rings. The second-order valence-electron chi connectivity index (χ2n) is 8.46. The van der Waals surface area contributed by atoms with E-state index in [0.717, 1.165) is 25.1 Å². The van der Waals surface area contributed by atoms with Gasteiger partial charge in [0, 0.05) is 37.3 Å². The number of carbonyl (C=O) groups excluding carboxylic acids is 2. The molecule has 0 unspecified atom stereocenters. The fraction of sp³-hybridized carbons (Fsp3) is 0.435. The highest BCUT2D eigenvalue weighted by molar-refractivity contribution is 6.22. The van der Waals surface area contributed by atoms with Gasteiger partial charge in [0.05, 0.1) is 18.2 Å². The summed E-state index contributed by atoms with van der Waals surface area (Å²) >= 11 is 0. The normalized spacial score (nSPS) is 26.7. The summed E-state index contributed by atoms with van der Waals surface area (Å²) in [6, 6.07) is 12.7. The van der Waals surface area contributed by atoms with Gasteiger partial charge in [0.15, 0.2) is 0 Å². The number of imide groups is 1. The maximum Gasteiger partial charge on any atom is 0.251 e. The molecule has 0 spiro atoms. The predicted molar refractivity (Wildman–Crippen MR) is 110 cm³/mol. The molecule has 0 N–H and O–H groups in total. The summed E-state index contributed by atoms with van der Waals surface area (Å²) in [5.41, 5.74) is 2.96. The minimum Gasteiger partial charge on any atom is -0.312 e. The van der Waals surface area contributed by atoms with Crippen LogP contribution in [-0.2, 0) is 22.6 Å². The number of pyridine rings is 1. The number of rotatable bonds is 3. The van der Waals surface area contributed by atoms with Crippen molar-refractivity contribution >= 4 is 17.5 Å². The third-order valence-electron chi connectivity index (χ3n) is 6.67. The highest BCUT2D eigenvalue weighted by Crippen LogP contribution is 2.37. The van der Waals surface area contributed by atoms with Gasteiger partial charge < -0.3 is 4.57 Å². The quantitative estimate of drug-likeness (QED) is 0.753. The lowest BCUT2D eigenvalue weighted by atomic mass is 9.82. The lowest BCUT2D eigenvalue weighted by Gasteiger charge is -2.44. The second-order valence-corrected chi connectivity index (χ2v) is 8.46. The Bertz CT molecular complexity index is 1030. The van der Waals surface area contributed by atoms with Crippen molar-refractivity contribution in [3.8, 4) is 0 Å². The molecule has 4 heterocycles. The number of nitrogens with zero attached hydrogens (tertiary/aromatic N) is 3. The van der Waals surface area contributed by atoms with Gasteiger partial charge in [-0.1, -0.05) is 25.1 Å². The molecule has 2 bridgehead atoms. The summed E-state index contributed by atoms with van der Waals surface area (Å²) in [7, 11) is 0. The van der Waals surface area contributed by atoms with E-state index in [4.69, 9.17) is 0 Å². The molecule has 3 atom stereocenters. The molecule has 1 aromatic carbocycles. The molecule has 0 aliphatic carbocycles. The number of benzene rings is 1. The maximum atomic E-state index is 13.2. The Kier molecular flexibility index (Phi) is 4.39. The molecule has 5 rings (SSSR count). The van der Waals surface area contributed by atoms with Crippen LogP contribution in [0.2, 0.25) is 0 Å². The smallest absolute Gasteiger partial charge is 0.251 e. The Morgan fingerprint density at radius 2 is 1.76 bits per heavy atom. The van der Waals surface area contributed by atoms with Crippen LogP contribution in [0.5, 0.6) is 0 Å². The average Bonchev–Trinajstić information content (AvgIpc) is 3.03. The van der Waals surface area contributed by atoms with E-state index in [-0.39, 0.29) is 29.7 Å². The molecular weight excluding hydrogens is 366 g/mol. The Morgan fingerprint density at radius 1 is 0.966 bits per heavy atom. The largest absolute Gasteiger partial charge is 0.312 e. The summed E-state index contributed by atoms with van der Waals surface area (Å²) < 4.78 is 1.89. The first-order valence-electron chi connectivity index (χ1n) is 10.4. The van der Waals surface area contributed by atoms with Crippen LogP contribution in [0, 0.1) is 5.92 Å². The number of likely N-dealkylation sites (tertiary alicyclic amines) is 1. The van der Waals surface area contributed by atoms with Crippen LogP contribution in [0.4, 0.5) is 5.69 Å². The number of fused-ring (bicyclic) bond motifs is 4. The molecule has 150 valence electrons. The number of amides is 2. The Balaban J connectivity index is 1.39. The van der Waals surface area contributed by atoms with E-state index >= 15 is 0 Å². The van der Waals surface area contributed by atoms with Gasteiger partial charge in [0.25, 0.3) is 11.5 Å². The second kappa shape index (κ2) is 6.95. The van der Waals surface area contributed by atoms with Crippen molar-refractivity contribution in [1.29, 1.82) is 0 Å². The Hall–Kier alpha value is -2.73. The zero-order chi connectivity index (χ0) is 20.1. The molecule has 6 heteroatoms. The highest BCUT2D eigenvalue weighted by Gasteiger charge is 2.46. The topological polar surface area (TPSA) is 62.6 Å². The van der Waals surface area contributed by atoms with Crippen molar-refractivity contribution < 1.29 is 9.59 Å². The van der Waals surface area contributed by atoms with Gasteiger partial charge in [-0.2, -0.15) is 0 Å². The van der Waals surface area contributed by atoms with Gasteiger partial charge in [0.1, 0.15) is 0 Å². The zero-order valence-electron chi connectivity index (χ0n) is 16.6. The number of hydrogen-bond acceptors (Lipinski definition) is 4. The average molecular weight is 391 g/mol. The number of aryl methyl sites for hydroxylation is 1. The van der Waals surface area contributed by atoms with Crippen LogP contribution in [0.3, 0.4) is 0 Å². The van der Waals surface area contributed by atoms with E-state index in [2.05, 4.69) is 11.8 Å². The van der Waals surface area contributed by atoms with Gasteiger partial charge in [0.2, 0.25) is 5.91 Å². The van der Waals surface area contributed by atoms with Crippen LogP contribution in [-0.4, -0.2) is 40.4 Å². The number of carbonyl (C=O) groups is 2. The SMILES string of the molecule is CCc1ccc(N2C(=O)C[C@H](N3C[C@@H]4C[C@H](C3)c3cccc(=O)n3C4)C2=O)cc1. The zero-order valence-corrected chi connectivity index (χ0v) is 16.6. The van der Waals surface area contributed by atoms with E-state index in [9.17, 15) is 14.4 Å². The van der Waals surface area contributed by atoms with Crippen molar-refractivity contribution in [2.24, 2.45) is 5.92 Å².